The Morgan fingerprint density at radius 3 is 2.58 bits per heavy atom. The number of benzene rings is 1. The highest BCUT2D eigenvalue weighted by Crippen LogP contribution is 2.32. The number of phenols is 1. The van der Waals surface area contributed by atoms with Crippen molar-refractivity contribution >= 4 is 5.97 Å². The van der Waals surface area contributed by atoms with Crippen LogP contribution >= 0.6 is 0 Å². The van der Waals surface area contributed by atoms with Crippen LogP contribution in [0.25, 0.3) is 0 Å². The van der Waals surface area contributed by atoms with E-state index in [0.717, 1.165) is 25.9 Å². The summed E-state index contributed by atoms with van der Waals surface area (Å²) in [6.07, 6.45) is -2.78. The van der Waals surface area contributed by atoms with Crippen molar-refractivity contribution in [3.8, 4) is 11.5 Å². The van der Waals surface area contributed by atoms with Crippen LogP contribution in [-0.2, 0) is 16.1 Å². The van der Waals surface area contributed by atoms with Gasteiger partial charge in [-0.15, -0.1) is 13.2 Å². The second-order valence-electron chi connectivity index (χ2n) is 5.85. The molecule has 1 N–H and O–H groups in total. The Balaban J connectivity index is 1.91. The number of aromatic hydroxyl groups is 1. The highest BCUT2D eigenvalue weighted by atomic mass is 19.4. The van der Waals surface area contributed by atoms with E-state index in [2.05, 4.69) is 14.4 Å². The van der Waals surface area contributed by atoms with Crippen LogP contribution in [-0.4, -0.2) is 42.5 Å². The zero-order valence-electron chi connectivity index (χ0n) is 13.3. The van der Waals surface area contributed by atoms with Gasteiger partial charge in [0, 0.05) is 13.0 Å². The number of piperidine rings is 1. The first kappa shape index (κ1) is 18.4. The fourth-order valence-corrected chi connectivity index (χ4v) is 2.79. The van der Waals surface area contributed by atoms with Crippen LogP contribution in [0.2, 0.25) is 0 Å². The number of phenolic OH excluding ortho intramolecular Hbond substituents is 1. The summed E-state index contributed by atoms with van der Waals surface area (Å²) >= 11 is 0. The number of methoxy groups -OCH3 is 1. The Hall–Kier alpha value is -1.96. The van der Waals surface area contributed by atoms with Gasteiger partial charge in [-0.1, -0.05) is 6.07 Å². The Labute approximate surface area is 138 Å². The molecule has 24 heavy (non-hydrogen) atoms. The summed E-state index contributed by atoms with van der Waals surface area (Å²) in [7, 11) is 1.36. The molecule has 5 nitrogen and oxygen atoms in total. The maximum absolute atomic E-state index is 12.3. The van der Waals surface area contributed by atoms with Crippen molar-refractivity contribution in [1.82, 2.24) is 4.90 Å². The molecule has 0 radical (unpaired) electrons. The molecule has 1 aromatic carbocycles. The highest BCUT2D eigenvalue weighted by Gasteiger charge is 2.32. The molecule has 1 fully saturated rings. The molecule has 0 amide bonds. The SMILES string of the molecule is COC(=O)CC1CCN(Cc2ccc(O)c(OC(F)(F)F)c2)CC1. The van der Waals surface area contributed by atoms with Crippen LogP contribution in [0.1, 0.15) is 24.8 Å². The third kappa shape index (κ3) is 5.59. The van der Waals surface area contributed by atoms with E-state index >= 15 is 0 Å². The molecule has 0 aliphatic carbocycles. The van der Waals surface area contributed by atoms with E-state index in [0.29, 0.717) is 18.5 Å². The molecule has 0 spiro atoms. The molecule has 1 aromatic rings. The maximum Gasteiger partial charge on any atom is 0.573 e. The summed E-state index contributed by atoms with van der Waals surface area (Å²) in [5.41, 5.74) is 0.624. The molecule has 8 heteroatoms. The van der Waals surface area contributed by atoms with Crippen LogP contribution < -0.4 is 4.74 Å². The van der Waals surface area contributed by atoms with Gasteiger partial charge in [0.2, 0.25) is 0 Å². The van der Waals surface area contributed by atoms with E-state index in [1.165, 1.54) is 19.2 Å². The number of carbonyl (C=O) groups is 1. The number of carbonyl (C=O) groups excluding carboxylic acids is 1. The largest absolute Gasteiger partial charge is 0.573 e. The molecular formula is C16H20F3NO4. The molecule has 0 saturated carbocycles. The summed E-state index contributed by atoms with van der Waals surface area (Å²) in [5.74, 6) is -1.09. The lowest BCUT2D eigenvalue weighted by Crippen LogP contribution is -2.34. The third-order valence-electron chi connectivity index (χ3n) is 4.05. The molecule has 0 aromatic heterocycles. The lowest BCUT2D eigenvalue weighted by molar-refractivity contribution is -0.275. The molecule has 0 bridgehead atoms. The average Bonchev–Trinajstić information content (AvgIpc) is 2.51. The van der Waals surface area contributed by atoms with Crippen molar-refractivity contribution in [1.29, 1.82) is 0 Å². The highest BCUT2D eigenvalue weighted by molar-refractivity contribution is 5.69. The van der Waals surface area contributed by atoms with Gasteiger partial charge in [-0.25, -0.2) is 0 Å². The first-order valence-electron chi connectivity index (χ1n) is 7.63. The number of alkyl halides is 3. The van der Waals surface area contributed by atoms with Gasteiger partial charge in [-0.05, 0) is 49.5 Å². The summed E-state index contributed by atoms with van der Waals surface area (Å²) in [6, 6.07) is 3.96. The van der Waals surface area contributed by atoms with E-state index in [9.17, 15) is 23.1 Å². The zero-order chi connectivity index (χ0) is 17.7. The van der Waals surface area contributed by atoms with E-state index in [1.54, 1.807) is 6.07 Å². The second-order valence-corrected chi connectivity index (χ2v) is 5.85. The molecule has 1 heterocycles. The summed E-state index contributed by atoms with van der Waals surface area (Å²) in [4.78, 5) is 13.4. The first-order valence-corrected chi connectivity index (χ1v) is 7.63. The van der Waals surface area contributed by atoms with Crippen LogP contribution in [0.15, 0.2) is 18.2 Å². The van der Waals surface area contributed by atoms with Gasteiger partial charge >= 0.3 is 12.3 Å². The number of hydrogen-bond acceptors (Lipinski definition) is 5. The lowest BCUT2D eigenvalue weighted by atomic mass is 9.93. The monoisotopic (exact) mass is 347 g/mol. The molecule has 0 unspecified atom stereocenters. The minimum absolute atomic E-state index is 0.221. The van der Waals surface area contributed by atoms with E-state index in [-0.39, 0.29) is 11.9 Å². The molecule has 2 rings (SSSR count). The van der Waals surface area contributed by atoms with Crippen molar-refractivity contribution in [2.24, 2.45) is 5.92 Å². The number of rotatable bonds is 5. The van der Waals surface area contributed by atoms with Crippen LogP contribution in [0.4, 0.5) is 13.2 Å². The molecule has 1 aliphatic rings. The quantitative estimate of drug-likeness (QED) is 0.830. The van der Waals surface area contributed by atoms with E-state index in [1.807, 2.05) is 0 Å². The standard InChI is InChI=1S/C16H20F3NO4/c1-23-15(22)9-11-4-6-20(7-5-11)10-12-2-3-13(21)14(8-12)24-16(17,18)19/h2-3,8,11,21H,4-7,9-10H2,1H3. The van der Waals surface area contributed by atoms with Crippen LogP contribution in [0, 0.1) is 5.92 Å². The van der Waals surface area contributed by atoms with Gasteiger partial charge in [-0.2, -0.15) is 0 Å². The fraction of sp³-hybridized carbons (Fsp3) is 0.562. The van der Waals surface area contributed by atoms with Gasteiger partial charge in [0.15, 0.2) is 11.5 Å². The topological polar surface area (TPSA) is 59.0 Å². The fourth-order valence-electron chi connectivity index (χ4n) is 2.79. The second kappa shape index (κ2) is 7.74. The maximum atomic E-state index is 12.3. The van der Waals surface area contributed by atoms with E-state index in [4.69, 9.17) is 0 Å². The molecular weight excluding hydrogens is 327 g/mol. The molecule has 0 atom stereocenters. The minimum atomic E-state index is -4.84. The lowest BCUT2D eigenvalue weighted by Gasteiger charge is -2.31. The number of nitrogens with zero attached hydrogens (tertiary/aromatic N) is 1. The van der Waals surface area contributed by atoms with Crippen molar-refractivity contribution in [2.45, 2.75) is 32.2 Å². The van der Waals surface area contributed by atoms with Crippen LogP contribution in [0.5, 0.6) is 11.5 Å². The summed E-state index contributed by atoms with van der Waals surface area (Å²) in [6.45, 7) is 1.95. The van der Waals surface area contributed by atoms with Gasteiger partial charge in [0.1, 0.15) is 0 Å². The number of likely N-dealkylation sites (tertiary alicyclic amines) is 1. The molecule has 134 valence electrons. The predicted molar refractivity (Wildman–Crippen MR) is 79.4 cm³/mol. The average molecular weight is 347 g/mol. The van der Waals surface area contributed by atoms with Gasteiger partial charge in [0.25, 0.3) is 0 Å². The Kier molecular flexibility index (Phi) is 5.93. The van der Waals surface area contributed by atoms with Gasteiger partial charge < -0.3 is 14.6 Å². The molecule has 1 aliphatic heterocycles. The normalized spacial score (nSPS) is 16.8. The van der Waals surface area contributed by atoms with E-state index < -0.39 is 17.9 Å². The molecule has 1 saturated heterocycles. The zero-order valence-corrected chi connectivity index (χ0v) is 13.3. The number of esters is 1. The Bertz CT molecular complexity index is 569. The Morgan fingerprint density at radius 2 is 2.00 bits per heavy atom. The smallest absolute Gasteiger partial charge is 0.504 e. The number of ether oxygens (including phenoxy) is 2. The van der Waals surface area contributed by atoms with Crippen molar-refractivity contribution in [2.75, 3.05) is 20.2 Å². The van der Waals surface area contributed by atoms with Crippen molar-refractivity contribution in [3.63, 3.8) is 0 Å². The van der Waals surface area contributed by atoms with Crippen molar-refractivity contribution in [3.05, 3.63) is 23.8 Å². The summed E-state index contributed by atoms with van der Waals surface area (Å²) < 4.78 is 45.4. The summed E-state index contributed by atoms with van der Waals surface area (Å²) in [5, 5.41) is 9.46. The Morgan fingerprint density at radius 1 is 1.33 bits per heavy atom. The van der Waals surface area contributed by atoms with Gasteiger partial charge in [0.05, 0.1) is 7.11 Å². The number of hydrogen-bond donors (Lipinski definition) is 1. The first-order chi connectivity index (χ1) is 11.3. The number of halogens is 3. The predicted octanol–water partition coefficient (Wildman–Crippen LogP) is 3.07. The van der Waals surface area contributed by atoms with Gasteiger partial charge in [-0.3, -0.25) is 9.69 Å². The van der Waals surface area contributed by atoms with Crippen molar-refractivity contribution < 1.29 is 32.5 Å². The van der Waals surface area contributed by atoms with Crippen LogP contribution in [0.3, 0.4) is 0 Å². The third-order valence-corrected chi connectivity index (χ3v) is 4.05. The minimum Gasteiger partial charge on any atom is -0.504 e.